The quantitative estimate of drug-likeness (QED) is 0.0199. The Morgan fingerprint density at radius 3 is 1.24 bits per heavy atom. The van der Waals surface area contributed by atoms with Crippen LogP contribution in [0.25, 0.3) is 0 Å². The largest absolute Gasteiger partial charge is 0.477 e. The number of amides is 2. The van der Waals surface area contributed by atoms with Gasteiger partial charge < -0.3 is 100 Å². The summed E-state index contributed by atoms with van der Waals surface area (Å²) in [4.78, 5) is 38.7. The average Bonchev–Trinajstić information content (AvgIpc) is 0.754. The number of aliphatic hydroxyl groups is 11. The topological polar surface area (TPSA) is 373 Å². The van der Waals surface area contributed by atoms with Gasteiger partial charge in [0.25, 0.3) is 5.79 Å². The molecule has 107 heavy (non-hydrogen) atoms. The zero-order valence-electron chi connectivity index (χ0n) is 67.0. The first kappa shape index (κ1) is 98.7. The number of ether oxygens (including phenoxy) is 6. The highest BCUT2D eigenvalue weighted by atomic mass is 16.8. The van der Waals surface area contributed by atoms with Gasteiger partial charge in [-0.1, -0.05) is 341 Å². The molecule has 18 unspecified atom stereocenters. The molecule has 0 spiro atoms. The number of aliphatic hydroxyl groups excluding tert-OH is 11. The zero-order valence-corrected chi connectivity index (χ0v) is 67.0. The fourth-order valence-electron chi connectivity index (χ4n) is 15.4. The number of aliphatic carboxylic acids is 1. The second kappa shape index (κ2) is 62.9. The van der Waals surface area contributed by atoms with Crippen molar-refractivity contribution in [3.63, 3.8) is 0 Å². The molecule has 0 aromatic rings. The number of hydrogen-bond donors (Lipinski definition) is 14. The molecule has 18 atom stereocenters. The lowest BCUT2D eigenvalue weighted by molar-refractivity contribution is -0.386. The van der Waals surface area contributed by atoms with Gasteiger partial charge >= 0.3 is 5.97 Å². The van der Waals surface area contributed by atoms with E-state index in [4.69, 9.17) is 28.4 Å². The minimum absolute atomic E-state index is 0.206. The Kier molecular flexibility index (Phi) is 58.0. The van der Waals surface area contributed by atoms with Crippen LogP contribution in [-0.4, -0.2) is 215 Å². The Morgan fingerprint density at radius 2 is 0.869 bits per heavy atom. The first-order chi connectivity index (χ1) is 51.9. The summed E-state index contributed by atoms with van der Waals surface area (Å²) >= 11 is 0. The third-order valence-corrected chi connectivity index (χ3v) is 22.2. The molecule has 0 bridgehead atoms. The molecule has 3 saturated heterocycles. The summed E-state index contributed by atoms with van der Waals surface area (Å²) in [6.07, 6.45) is 41.2. The molecule has 0 saturated carbocycles. The van der Waals surface area contributed by atoms with E-state index >= 15 is 0 Å². The standard InChI is InChI=1S/C84H158N2O21/c1-4-6-8-10-12-14-16-18-20-22-24-26-27-28-29-30-31-32-33-34-35-36-37-38-40-42-44-46-48-50-52-54-56-58-71(94)86-65(66(91)57-55-53-51-49-47-45-43-41-39-25-23-21-19-17-15-13-11-9-7-5-2)63-102-81-76(98)75(97)78(70(62-89)104-81)105-82-77(99)80(74(96)69(61-88)103-82)107-84(83(100)101)59-67(92)72(85-64(3)90)79(106-84)73(95)68(93)60-87/h55,57,65-70,72-82,87-89,91-93,95-99H,4-54,56,58-63H2,1-3H3,(H,85,90)(H,86,94)(H,100,101)/b57-55+. The Morgan fingerprint density at radius 1 is 0.486 bits per heavy atom. The summed E-state index contributed by atoms with van der Waals surface area (Å²) < 4.78 is 35.0. The molecule has 3 rings (SSSR count). The van der Waals surface area contributed by atoms with Crippen molar-refractivity contribution in [2.45, 2.75) is 477 Å². The SMILES string of the molecule is CCCCCCCCCCCCCCCCCCCC/C=C/C(O)C(COC1OC(CO)C(OC2OC(CO)C(O)C(OC3(C(=O)O)CC(O)C(NC(C)=O)C(C(O)C(O)CO)O3)C2O)C(O)C1O)NC(=O)CCCCCCCCCCCCCCCCCCCCCCCCCCCCCCCCCCC. The van der Waals surface area contributed by atoms with E-state index < -0.39 is 155 Å². The Hall–Kier alpha value is -2.53. The van der Waals surface area contributed by atoms with Gasteiger partial charge in [-0.3, -0.25) is 9.59 Å². The molecular formula is C84H158N2O21. The molecule has 14 N–H and O–H groups in total. The summed E-state index contributed by atoms with van der Waals surface area (Å²) in [7, 11) is 0. The molecule has 2 amide bonds. The summed E-state index contributed by atoms with van der Waals surface area (Å²) in [5, 5.41) is 137. The van der Waals surface area contributed by atoms with E-state index in [-0.39, 0.29) is 12.3 Å². The monoisotopic (exact) mass is 1530 g/mol. The van der Waals surface area contributed by atoms with E-state index in [0.717, 1.165) is 51.9 Å². The van der Waals surface area contributed by atoms with Gasteiger partial charge in [0.1, 0.15) is 67.1 Å². The lowest BCUT2D eigenvalue weighted by Crippen LogP contribution is -2.70. The molecule has 0 aromatic heterocycles. The van der Waals surface area contributed by atoms with Crippen LogP contribution in [0, 0.1) is 0 Å². The van der Waals surface area contributed by atoms with Crippen LogP contribution in [0.3, 0.4) is 0 Å². The molecule has 3 fully saturated rings. The first-order valence-electron chi connectivity index (χ1n) is 43.6. The molecule has 23 heteroatoms. The number of rotatable bonds is 70. The molecule has 0 aliphatic carbocycles. The summed E-state index contributed by atoms with van der Waals surface area (Å²) in [5.41, 5.74) is 0. The zero-order chi connectivity index (χ0) is 78.1. The van der Waals surface area contributed by atoms with Gasteiger partial charge in [0, 0.05) is 19.8 Å². The molecule has 3 heterocycles. The second-order valence-corrected chi connectivity index (χ2v) is 31.8. The number of carbonyl (C=O) groups is 3. The number of carboxylic acid groups (broad SMARTS) is 1. The highest BCUT2D eigenvalue weighted by molar-refractivity contribution is 5.77. The van der Waals surface area contributed by atoms with Gasteiger partial charge in [-0.25, -0.2) is 4.79 Å². The van der Waals surface area contributed by atoms with Gasteiger partial charge in [0.2, 0.25) is 11.8 Å². The van der Waals surface area contributed by atoms with Crippen molar-refractivity contribution in [1.82, 2.24) is 10.6 Å². The third-order valence-electron chi connectivity index (χ3n) is 22.2. The van der Waals surface area contributed by atoms with Crippen LogP contribution in [0.4, 0.5) is 0 Å². The Labute approximate surface area is 645 Å². The van der Waals surface area contributed by atoms with Crippen LogP contribution in [0.15, 0.2) is 12.2 Å². The van der Waals surface area contributed by atoms with E-state index in [1.54, 1.807) is 6.08 Å². The number of unbranched alkanes of at least 4 members (excludes halogenated alkanes) is 50. The van der Waals surface area contributed by atoms with Crippen molar-refractivity contribution in [3.05, 3.63) is 12.2 Å². The Bertz CT molecular complexity index is 2170. The molecule has 3 aliphatic rings. The van der Waals surface area contributed by atoms with Crippen LogP contribution in [-0.2, 0) is 42.8 Å². The van der Waals surface area contributed by atoms with Crippen LogP contribution in [0.5, 0.6) is 0 Å². The van der Waals surface area contributed by atoms with Crippen LogP contribution < -0.4 is 10.6 Å². The maximum absolute atomic E-state index is 13.6. The number of carboxylic acids is 1. The number of allylic oxidation sites excluding steroid dienone is 1. The lowest BCUT2D eigenvalue weighted by atomic mass is 9.88. The number of hydrogen-bond acceptors (Lipinski definition) is 20. The first-order valence-corrected chi connectivity index (χ1v) is 43.6. The Balaban J connectivity index is 1.45. The summed E-state index contributed by atoms with van der Waals surface area (Å²) in [6.45, 7) is 2.21. The van der Waals surface area contributed by atoms with E-state index in [1.807, 2.05) is 6.08 Å². The van der Waals surface area contributed by atoms with Crippen LogP contribution in [0.1, 0.15) is 367 Å². The lowest BCUT2D eigenvalue weighted by Gasteiger charge is -2.50. The number of nitrogens with one attached hydrogen (secondary N) is 2. The molecule has 23 nitrogen and oxygen atoms in total. The predicted molar refractivity (Wildman–Crippen MR) is 417 cm³/mol. The fraction of sp³-hybridized carbons (Fsp3) is 0.940. The molecule has 630 valence electrons. The minimum Gasteiger partial charge on any atom is -0.477 e. The maximum atomic E-state index is 13.6. The molecular weight excluding hydrogens is 1370 g/mol. The van der Waals surface area contributed by atoms with Gasteiger partial charge in [0.05, 0.1) is 50.7 Å². The highest BCUT2D eigenvalue weighted by Gasteiger charge is 2.60. The van der Waals surface area contributed by atoms with E-state index in [2.05, 4.69) is 24.5 Å². The normalized spacial score (nSPS) is 26.0. The van der Waals surface area contributed by atoms with Gasteiger partial charge in [0.15, 0.2) is 12.6 Å². The van der Waals surface area contributed by atoms with Crippen molar-refractivity contribution in [3.8, 4) is 0 Å². The van der Waals surface area contributed by atoms with E-state index in [0.29, 0.717) is 12.8 Å². The van der Waals surface area contributed by atoms with E-state index in [9.17, 15) is 75.7 Å². The van der Waals surface area contributed by atoms with Crippen LogP contribution >= 0.6 is 0 Å². The van der Waals surface area contributed by atoms with Gasteiger partial charge in [-0.15, -0.1) is 0 Å². The van der Waals surface area contributed by atoms with Crippen molar-refractivity contribution in [2.24, 2.45) is 0 Å². The van der Waals surface area contributed by atoms with E-state index in [1.165, 1.54) is 276 Å². The number of carbonyl (C=O) groups excluding carboxylic acids is 2. The molecule has 0 aromatic carbocycles. The fourth-order valence-corrected chi connectivity index (χ4v) is 15.4. The van der Waals surface area contributed by atoms with Crippen LogP contribution in [0.2, 0.25) is 0 Å². The highest BCUT2D eigenvalue weighted by Crippen LogP contribution is 2.39. The third kappa shape index (κ3) is 42.4. The molecule has 0 radical (unpaired) electrons. The summed E-state index contributed by atoms with van der Waals surface area (Å²) in [6, 6.07) is -2.62. The van der Waals surface area contributed by atoms with Crippen molar-refractivity contribution in [2.75, 3.05) is 26.4 Å². The minimum atomic E-state index is -3.08. The maximum Gasteiger partial charge on any atom is 0.364 e. The van der Waals surface area contributed by atoms with Gasteiger partial charge in [-0.2, -0.15) is 0 Å². The predicted octanol–water partition coefficient (Wildman–Crippen LogP) is 12.9. The van der Waals surface area contributed by atoms with Gasteiger partial charge in [-0.05, 0) is 19.3 Å². The van der Waals surface area contributed by atoms with Crippen molar-refractivity contribution in [1.29, 1.82) is 0 Å². The second-order valence-electron chi connectivity index (χ2n) is 31.8. The average molecular weight is 1530 g/mol. The summed E-state index contributed by atoms with van der Waals surface area (Å²) in [5.74, 6) is -6.13. The smallest absolute Gasteiger partial charge is 0.364 e. The van der Waals surface area contributed by atoms with Crippen molar-refractivity contribution < 1.29 is 104 Å². The molecule has 3 aliphatic heterocycles. The van der Waals surface area contributed by atoms with Crippen molar-refractivity contribution >= 4 is 17.8 Å².